The van der Waals surface area contributed by atoms with Crippen LogP contribution in [0.15, 0.2) is 35.8 Å². The third-order valence-corrected chi connectivity index (χ3v) is 3.74. The number of carbonyl (C=O) groups excluding carboxylic acids is 1. The fourth-order valence-electron chi connectivity index (χ4n) is 2.34. The lowest BCUT2D eigenvalue weighted by Crippen LogP contribution is -2.14. The molecule has 0 aliphatic heterocycles. The van der Waals surface area contributed by atoms with E-state index in [-0.39, 0.29) is 5.70 Å². The highest BCUT2D eigenvalue weighted by atomic mass is 16.5. The maximum absolute atomic E-state index is 11.0. The van der Waals surface area contributed by atoms with Crippen molar-refractivity contribution in [2.45, 2.75) is 64.7 Å². The van der Waals surface area contributed by atoms with Crippen LogP contribution in [0, 0.1) is 0 Å². The van der Waals surface area contributed by atoms with Gasteiger partial charge < -0.3 is 15.2 Å². The average Bonchev–Trinajstić information content (AvgIpc) is 3.32. The molecule has 1 rings (SSSR count). The second-order valence-electron chi connectivity index (χ2n) is 6.20. The molecule has 0 unspecified atom stereocenters. The number of hydrogen-bond acceptors (Lipinski definition) is 4. The van der Waals surface area contributed by atoms with E-state index in [1.807, 2.05) is 6.92 Å². The molecule has 0 aromatic heterocycles. The second kappa shape index (κ2) is 10.9. The molecule has 1 aliphatic rings. The molecule has 0 amide bonds. The van der Waals surface area contributed by atoms with E-state index in [0.29, 0.717) is 6.61 Å². The number of ether oxygens (including phenoxy) is 2. The van der Waals surface area contributed by atoms with Crippen molar-refractivity contribution in [1.29, 1.82) is 0 Å². The maximum atomic E-state index is 11.0. The van der Waals surface area contributed by atoms with E-state index in [9.17, 15) is 4.79 Å². The molecule has 1 aliphatic carbocycles. The summed E-state index contributed by atoms with van der Waals surface area (Å²) in [7, 11) is 0. The molecular weight excluding hydrogens is 290 g/mol. The molecule has 0 aromatic rings. The van der Waals surface area contributed by atoms with Crippen LogP contribution in [-0.4, -0.2) is 19.2 Å². The number of rotatable bonds is 13. The number of nitrogens with two attached hydrogens (primary N) is 1. The van der Waals surface area contributed by atoms with Crippen molar-refractivity contribution in [3.05, 3.63) is 35.8 Å². The monoisotopic (exact) mass is 321 g/mol. The lowest BCUT2D eigenvalue weighted by Gasteiger charge is -2.10. The van der Waals surface area contributed by atoms with Gasteiger partial charge in [0.2, 0.25) is 0 Å². The van der Waals surface area contributed by atoms with Gasteiger partial charge in [0.05, 0.1) is 13.2 Å². The van der Waals surface area contributed by atoms with Gasteiger partial charge in [-0.05, 0) is 43.8 Å². The number of esters is 1. The van der Waals surface area contributed by atoms with Gasteiger partial charge in [0, 0.05) is 0 Å². The predicted octanol–water partition coefficient (Wildman–Crippen LogP) is 4.37. The molecule has 0 atom stereocenters. The standard InChI is InChI=1S/C19H31NO3/c1-15(2)18(17-11-12-17)22-13-9-7-5-4-6-8-10-14-23-19(21)16(3)20/h1,3-14,20H2,2H3. The largest absolute Gasteiger partial charge is 0.493 e. The van der Waals surface area contributed by atoms with Crippen LogP contribution in [0.2, 0.25) is 0 Å². The van der Waals surface area contributed by atoms with Gasteiger partial charge in [-0.3, -0.25) is 0 Å². The lowest BCUT2D eigenvalue weighted by molar-refractivity contribution is -0.139. The SMILES string of the molecule is C=C(C)C(OCCCCCCCCCOC(=O)C(=C)N)=C1CC1. The number of hydrogen-bond donors (Lipinski definition) is 1. The van der Waals surface area contributed by atoms with Crippen LogP contribution in [0.4, 0.5) is 0 Å². The predicted molar refractivity (Wildman–Crippen MR) is 93.6 cm³/mol. The Kier molecular flexibility index (Phi) is 9.18. The Morgan fingerprint density at radius 2 is 1.43 bits per heavy atom. The van der Waals surface area contributed by atoms with E-state index in [1.165, 1.54) is 44.1 Å². The molecule has 130 valence electrons. The first kappa shape index (κ1) is 19.3. The number of allylic oxidation sites excluding steroid dienone is 2. The van der Waals surface area contributed by atoms with Gasteiger partial charge >= 0.3 is 5.97 Å². The molecule has 0 bridgehead atoms. The lowest BCUT2D eigenvalue weighted by atomic mass is 10.1. The first-order valence-corrected chi connectivity index (χ1v) is 8.64. The summed E-state index contributed by atoms with van der Waals surface area (Å²) in [5.74, 6) is 0.556. The molecule has 2 N–H and O–H groups in total. The Labute approximate surface area is 140 Å². The van der Waals surface area contributed by atoms with Crippen molar-refractivity contribution in [3.63, 3.8) is 0 Å². The van der Waals surface area contributed by atoms with Gasteiger partial charge in [-0.15, -0.1) is 0 Å². The Balaban J connectivity index is 1.87. The molecular formula is C19H31NO3. The van der Waals surface area contributed by atoms with Crippen LogP contribution < -0.4 is 5.73 Å². The summed E-state index contributed by atoms with van der Waals surface area (Å²) in [5, 5.41) is 0. The fraction of sp³-hybridized carbons (Fsp3) is 0.632. The third kappa shape index (κ3) is 9.11. The summed E-state index contributed by atoms with van der Waals surface area (Å²) < 4.78 is 10.8. The smallest absolute Gasteiger partial charge is 0.353 e. The van der Waals surface area contributed by atoms with Crippen LogP contribution in [0.3, 0.4) is 0 Å². The minimum absolute atomic E-state index is 0.0284. The van der Waals surface area contributed by atoms with Crippen molar-refractivity contribution in [2.24, 2.45) is 5.73 Å². The zero-order valence-corrected chi connectivity index (χ0v) is 14.5. The Hall–Kier alpha value is -1.71. The minimum Gasteiger partial charge on any atom is -0.493 e. The third-order valence-electron chi connectivity index (χ3n) is 3.74. The van der Waals surface area contributed by atoms with E-state index in [0.717, 1.165) is 37.2 Å². The Bertz CT molecular complexity index is 446. The van der Waals surface area contributed by atoms with Crippen LogP contribution in [0.5, 0.6) is 0 Å². The number of unbranched alkanes of at least 4 members (excludes halogenated alkanes) is 6. The Morgan fingerprint density at radius 1 is 0.957 bits per heavy atom. The van der Waals surface area contributed by atoms with Crippen LogP contribution in [0.1, 0.15) is 64.7 Å². The van der Waals surface area contributed by atoms with Gasteiger partial charge in [0.1, 0.15) is 11.5 Å². The molecule has 0 saturated heterocycles. The van der Waals surface area contributed by atoms with Crippen molar-refractivity contribution in [2.75, 3.05) is 13.2 Å². The van der Waals surface area contributed by atoms with Crippen molar-refractivity contribution >= 4 is 5.97 Å². The highest BCUT2D eigenvalue weighted by Gasteiger charge is 2.19. The summed E-state index contributed by atoms with van der Waals surface area (Å²) in [5.41, 5.74) is 7.68. The van der Waals surface area contributed by atoms with E-state index in [2.05, 4.69) is 13.2 Å². The first-order chi connectivity index (χ1) is 11.0. The van der Waals surface area contributed by atoms with Gasteiger partial charge in [0.15, 0.2) is 0 Å². The average molecular weight is 321 g/mol. The van der Waals surface area contributed by atoms with Gasteiger partial charge in [-0.25, -0.2) is 4.79 Å². The second-order valence-corrected chi connectivity index (χ2v) is 6.20. The molecule has 0 spiro atoms. The molecule has 4 heteroatoms. The van der Waals surface area contributed by atoms with Gasteiger partial charge in [-0.1, -0.05) is 45.3 Å². The zero-order chi connectivity index (χ0) is 17.1. The van der Waals surface area contributed by atoms with Crippen molar-refractivity contribution < 1.29 is 14.3 Å². The summed E-state index contributed by atoms with van der Waals surface area (Å²) in [6, 6.07) is 0. The van der Waals surface area contributed by atoms with Gasteiger partial charge in [-0.2, -0.15) is 0 Å². The molecule has 0 aromatic carbocycles. The van der Waals surface area contributed by atoms with Crippen molar-refractivity contribution in [1.82, 2.24) is 0 Å². The highest BCUT2D eigenvalue weighted by Crippen LogP contribution is 2.34. The van der Waals surface area contributed by atoms with E-state index < -0.39 is 5.97 Å². The Morgan fingerprint density at radius 3 is 1.87 bits per heavy atom. The van der Waals surface area contributed by atoms with E-state index in [4.69, 9.17) is 15.2 Å². The van der Waals surface area contributed by atoms with Crippen LogP contribution in [0.25, 0.3) is 0 Å². The normalized spacial score (nSPS) is 12.7. The molecule has 1 fully saturated rings. The summed E-state index contributed by atoms with van der Waals surface area (Å²) in [6.45, 7) is 10.6. The molecule has 0 heterocycles. The summed E-state index contributed by atoms with van der Waals surface area (Å²) >= 11 is 0. The first-order valence-electron chi connectivity index (χ1n) is 8.64. The quantitative estimate of drug-likeness (QED) is 0.237. The van der Waals surface area contributed by atoms with Crippen molar-refractivity contribution in [3.8, 4) is 0 Å². The highest BCUT2D eigenvalue weighted by molar-refractivity contribution is 5.86. The van der Waals surface area contributed by atoms with Gasteiger partial charge in [0.25, 0.3) is 0 Å². The number of carbonyl (C=O) groups is 1. The summed E-state index contributed by atoms with van der Waals surface area (Å²) in [4.78, 5) is 11.0. The molecule has 4 nitrogen and oxygen atoms in total. The fourth-order valence-corrected chi connectivity index (χ4v) is 2.34. The topological polar surface area (TPSA) is 61.5 Å². The molecule has 1 saturated carbocycles. The summed E-state index contributed by atoms with van der Waals surface area (Å²) in [6.07, 6.45) is 10.2. The van der Waals surface area contributed by atoms with Crippen LogP contribution in [-0.2, 0) is 14.3 Å². The molecule has 0 radical (unpaired) electrons. The van der Waals surface area contributed by atoms with E-state index >= 15 is 0 Å². The van der Waals surface area contributed by atoms with E-state index in [1.54, 1.807) is 0 Å². The minimum atomic E-state index is -0.500. The molecule has 23 heavy (non-hydrogen) atoms. The zero-order valence-electron chi connectivity index (χ0n) is 14.5. The van der Waals surface area contributed by atoms with Crippen LogP contribution >= 0.6 is 0 Å². The maximum Gasteiger partial charge on any atom is 0.353 e.